The van der Waals surface area contributed by atoms with Crippen molar-refractivity contribution in [2.75, 3.05) is 0 Å². The first-order chi connectivity index (χ1) is 8.88. The second-order valence-corrected chi connectivity index (χ2v) is 5.26. The van der Waals surface area contributed by atoms with Crippen LogP contribution in [-0.2, 0) is 0 Å². The molecule has 2 aromatic rings. The lowest BCUT2D eigenvalue weighted by Gasteiger charge is -2.14. The van der Waals surface area contributed by atoms with E-state index in [0.717, 1.165) is 38.8 Å². The van der Waals surface area contributed by atoms with E-state index >= 15 is 0 Å². The molecule has 0 atom stereocenters. The van der Waals surface area contributed by atoms with Crippen molar-refractivity contribution >= 4 is 11.6 Å². The maximum absolute atomic E-state index is 9.54. The zero-order chi connectivity index (χ0) is 14.2. The Hall–Kier alpha value is -1.67. The van der Waals surface area contributed by atoms with Crippen LogP contribution >= 0.6 is 11.6 Å². The molecule has 2 nitrogen and oxygen atoms in total. The van der Waals surface area contributed by atoms with Crippen LogP contribution in [0.4, 0.5) is 0 Å². The summed E-state index contributed by atoms with van der Waals surface area (Å²) in [5, 5.41) is 10.3. The molecule has 1 N–H and O–H groups in total. The minimum Gasteiger partial charge on any atom is -0.508 e. The first kappa shape index (κ1) is 13.8. The van der Waals surface area contributed by atoms with Crippen LogP contribution in [0.15, 0.2) is 24.3 Å². The Morgan fingerprint density at radius 2 is 1.32 bits per heavy atom. The summed E-state index contributed by atoms with van der Waals surface area (Å²) >= 11 is 6.15. The Bertz CT molecular complexity index is 587. The molecule has 19 heavy (non-hydrogen) atoms. The van der Waals surface area contributed by atoms with Gasteiger partial charge in [0.2, 0.25) is 0 Å². The van der Waals surface area contributed by atoms with Gasteiger partial charge in [-0.15, -0.1) is 0 Å². The predicted octanol–water partition coefficient (Wildman–Crippen LogP) is 5.07. The summed E-state index contributed by atoms with van der Waals surface area (Å²) < 4.78 is 5.94. The fourth-order valence-corrected chi connectivity index (χ4v) is 2.28. The number of phenols is 1. The van der Waals surface area contributed by atoms with Crippen molar-refractivity contribution in [1.82, 2.24) is 0 Å². The van der Waals surface area contributed by atoms with Gasteiger partial charge in [0.1, 0.15) is 17.2 Å². The maximum atomic E-state index is 9.54. The molecular weight excluding hydrogens is 260 g/mol. The van der Waals surface area contributed by atoms with E-state index in [1.54, 1.807) is 12.1 Å². The minimum atomic E-state index is 0.255. The van der Waals surface area contributed by atoms with Gasteiger partial charge in [-0.3, -0.25) is 0 Å². The molecular formula is C16H17ClO2. The molecule has 0 saturated carbocycles. The van der Waals surface area contributed by atoms with Gasteiger partial charge < -0.3 is 9.84 Å². The van der Waals surface area contributed by atoms with Crippen LogP contribution in [0, 0.1) is 27.7 Å². The molecule has 0 aliphatic rings. The van der Waals surface area contributed by atoms with Crippen molar-refractivity contribution in [3.63, 3.8) is 0 Å². The number of aromatic hydroxyl groups is 1. The van der Waals surface area contributed by atoms with Crippen LogP contribution in [0.25, 0.3) is 0 Å². The van der Waals surface area contributed by atoms with E-state index in [4.69, 9.17) is 16.3 Å². The molecule has 0 aliphatic heterocycles. The van der Waals surface area contributed by atoms with Crippen molar-refractivity contribution in [3.8, 4) is 17.2 Å². The fourth-order valence-electron chi connectivity index (χ4n) is 2.17. The van der Waals surface area contributed by atoms with E-state index in [0.29, 0.717) is 0 Å². The summed E-state index contributed by atoms with van der Waals surface area (Å²) in [6.45, 7) is 7.74. The summed E-state index contributed by atoms with van der Waals surface area (Å²) in [6, 6.07) is 7.22. The number of rotatable bonds is 2. The largest absolute Gasteiger partial charge is 0.508 e. The average molecular weight is 277 g/mol. The third-order valence-corrected chi connectivity index (χ3v) is 3.67. The molecule has 0 amide bonds. The first-order valence-electron chi connectivity index (χ1n) is 6.13. The zero-order valence-electron chi connectivity index (χ0n) is 11.5. The number of halogens is 1. The zero-order valence-corrected chi connectivity index (χ0v) is 12.3. The summed E-state index contributed by atoms with van der Waals surface area (Å²) in [5.74, 6) is 1.79. The van der Waals surface area contributed by atoms with Gasteiger partial charge in [-0.05, 0) is 74.2 Å². The Balaban J connectivity index is 2.42. The highest BCUT2D eigenvalue weighted by Gasteiger charge is 2.09. The molecule has 100 valence electrons. The Morgan fingerprint density at radius 3 is 1.79 bits per heavy atom. The normalized spacial score (nSPS) is 10.6. The number of hydrogen-bond acceptors (Lipinski definition) is 2. The minimum absolute atomic E-state index is 0.255. The highest BCUT2D eigenvalue weighted by molar-refractivity contribution is 6.32. The highest BCUT2D eigenvalue weighted by atomic mass is 35.5. The Labute approximate surface area is 118 Å². The molecule has 3 heteroatoms. The second-order valence-electron chi connectivity index (χ2n) is 4.88. The number of benzene rings is 2. The Morgan fingerprint density at radius 1 is 0.842 bits per heavy atom. The topological polar surface area (TPSA) is 29.5 Å². The van der Waals surface area contributed by atoms with Crippen LogP contribution in [0.3, 0.4) is 0 Å². The quantitative estimate of drug-likeness (QED) is 0.829. The first-order valence-corrected chi connectivity index (χ1v) is 6.51. The molecule has 0 aliphatic carbocycles. The second kappa shape index (κ2) is 5.14. The number of aryl methyl sites for hydroxylation is 4. The Kier molecular flexibility index (Phi) is 3.72. The van der Waals surface area contributed by atoms with E-state index in [1.165, 1.54) is 0 Å². The third-order valence-electron chi connectivity index (χ3n) is 3.07. The number of hydrogen-bond donors (Lipinski definition) is 1. The average Bonchev–Trinajstić information content (AvgIpc) is 2.30. The molecule has 0 radical (unpaired) electrons. The SMILES string of the molecule is Cc1cc(Oc2c(C)cc(O)cc2C)cc(C)c1Cl. The van der Waals surface area contributed by atoms with Crippen molar-refractivity contribution in [1.29, 1.82) is 0 Å². The highest BCUT2D eigenvalue weighted by Crippen LogP contribution is 2.34. The van der Waals surface area contributed by atoms with Gasteiger partial charge in [-0.25, -0.2) is 0 Å². The van der Waals surface area contributed by atoms with Gasteiger partial charge in [0, 0.05) is 5.02 Å². The van der Waals surface area contributed by atoms with E-state index < -0.39 is 0 Å². The lowest BCUT2D eigenvalue weighted by atomic mass is 10.1. The fraction of sp³-hybridized carbons (Fsp3) is 0.250. The predicted molar refractivity (Wildman–Crippen MR) is 78.6 cm³/mol. The van der Waals surface area contributed by atoms with Crippen molar-refractivity contribution in [3.05, 3.63) is 51.5 Å². The van der Waals surface area contributed by atoms with Crippen LogP contribution in [-0.4, -0.2) is 5.11 Å². The lowest BCUT2D eigenvalue weighted by molar-refractivity contribution is 0.458. The molecule has 0 fully saturated rings. The smallest absolute Gasteiger partial charge is 0.133 e. The van der Waals surface area contributed by atoms with Gasteiger partial charge in [0.05, 0.1) is 0 Å². The molecule has 0 unspecified atom stereocenters. The van der Waals surface area contributed by atoms with Crippen molar-refractivity contribution in [2.45, 2.75) is 27.7 Å². The van der Waals surface area contributed by atoms with Gasteiger partial charge in [-0.2, -0.15) is 0 Å². The van der Waals surface area contributed by atoms with Gasteiger partial charge in [0.15, 0.2) is 0 Å². The molecule has 0 spiro atoms. The van der Waals surface area contributed by atoms with E-state index in [2.05, 4.69) is 0 Å². The van der Waals surface area contributed by atoms with Crippen LogP contribution in [0.1, 0.15) is 22.3 Å². The van der Waals surface area contributed by atoms with Gasteiger partial charge >= 0.3 is 0 Å². The summed E-state index contributed by atoms with van der Waals surface area (Å²) in [7, 11) is 0. The van der Waals surface area contributed by atoms with Crippen LogP contribution in [0.2, 0.25) is 5.02 Å². The third kappa shape index (κ3) is 2.85. The lowest BCUT2D eigenvalue weighted by Crippen LogP contribution is -1.93. The number of ether oxygens (including phenoxy) is 1. The molecule has 0 aromatic heterocycles. The van der Waals surface area contributed by atoms with E-state index in [-0.39, 0.29) is 5.75 Å². The van der Waals surface area contributed by atoms with E-state index in [1.807, 2.05) is 39.8 Å². The van der Waals surface area contributed by atoms with E-state index in [9.17, 15) is 5.11 Å². The molecule has 2 rings (SSSR count). The summed E-state index contributed by atoms with van der Waals surface area (Å²) in [5.41, 5.74) is 3.79. The van der Waals surface area contributed by atoms with Crippen LogP contribution in [0.5, 0.6) is 17.2 Å². The number of phenolic OH excluding ortho intramolecular Hbond substituents is 1. The molecule has 2 aromatic carbocycles. The monoisotopic (exact) mass is 276 g/mol. The summed E-state index contributed by atoms with van der Waals surface area (Å²) in [4.78, 5) is 0. The maximum Gasteiger partial charge on any atom is 0.133 e. The van der Waals surface area contributed by atoms with Gasteiger partial charge in [-0.1, -0.05) is 11.6 Å². The van der Waals surface area contributed by atoms with Crippen LogP contribution < -0.4 is 4.74 Å². The standard InChI is InChI=1S/C16H17ClO2/c1-9-7-14(8-10(2)15(9)17)19-16-11(3)5-13(18)6-12(16)4/h5-8,18H,1-4H3. The van der Waals surface area contributed by atoms with Crippen molar-refractivity contribution < 1.29 is 9.84 Å². The van der Waals surface area contributed by atoms with Gasteiger partial charge in [0.25, 0.3) is 0 Å². The molecule has 0 saturated heterocycles. The molecule has 0 bridgehead atoms. The summed E-state index contributed by atoms with van der Waals surface area (Å²) in [6.07, 6.45) is 0. The van der Waals surface area contributed by atoms with Crippen molar-refractivity contribution in [2.24, 2.45) is 0 Å². The molecule has 0 heterocycles.